The number of hydrogen-bond donors (Lipinski definition) is 1. The molecule has 0 fully saturated rings. The lowest BCUT2D eigenvalue weighted by Crippen LogP contribution is -2.11. The van der Waals surface area contributed by atoms with E-state index in [1.165, 1.54) is 16.7 Å². The Kier molecular flexibility index (Phi) is 3.81. The lowest BCUT2D eigenvalue weighted by atomic mass is 10.0. The average molecular weight is 330 g/mol. The molecule has 24 heavy (non-hydrogen) atoms. The van der Waals surface area contributed by atoms with Crippen LogP contribution >= 0.6 is 11.3 Å². The summed E-state index contributed by atoms with van der Waals surface area (Å²) in [7, 11) is 0. The highest BCUT2D eigenvalue weighted by Gasteiger charge is 2.13. The van der Waals surface area contributed by atoms with Crippen LogP contribution in [0, 0.1) is 0 Å². The summed E-state index contributed by atoms with van der Waals surface area (Å²) in [5.41, 5.74) is 2.64. The minimum absolute atomic E-state index is 0.183. The van der Waals surface area contributed by atoms with Crippen LogP contribution in [0.4, 0.5) is 5.69 Å². The van der Waals surface area contributed by atoms with Crippen LogP contribution in [0.2, 0.25) is 0 Å². The third-order valence-corrected chi connectivity index (χ3v) is 4.64. The van der Waals surface area contributed by atoms with Crippen molar-refractivity contribution in [3.63, 3.8) is 0 Å². The molecule has 4 aromatic rings. The van der Waals surface area contributed by atoms with Gasteiger partial charge in [0.1, 0.15) is 0 Å². The molecule has 0 saturated heterocycles. The van der Waals surface area contributed by atoms with Crippen LogP contribution in [0.5, 0.6) is 0 Å². The number of fused-ring (bicyclic) bond motifs is 1. The number of thiazole rings is 1. The maximum Gasteiger partial charge on any atom is 0.284 e. The molecule has 0 aliphatic carbocycles. The van der Waals surface area contributed by atoms with Crippen molar-refractivity contribution in [3.05, 3.63) is 83.2 Å². The minimum Gasteiger partial charge on any atom is -0.320 e. The molecule has 0 bridgehead atoms. The molecule has 4 rings (SSSR count). The monoisotopic (exact) mass is 330 g/mol. The summed E-state index contributed by atoms with van der Waals surface area (Å²) in [5.74, 6) is -0.183. The first-order valence-corrected chi connectivity index (χ1v) is 8.49. The molecule has 3 nitrogen and oxygen atoms in total. The second kappa shape index (κ2) is 6.26. The summed E-state index contributed by atoms with van der Waals surface area (Å²) in [4.78, 5) is 16.9. The lowest BCUT2D eigenvalue weighted by Gasteiger charge is -2.04. The van der Waals surface area contributed by atoms with E-state index in [0.717, 1.165) is 22.3 Å². The molecule has 4 heteroatoms. The fraction of sp³-hybridized carbons (Fsp3) is 0. The number of carbonyl (C=O) groups excluding carboxylic acids is 1. The smallest absolute Gasteiger partial charge is 0.284 e. The van der Waals surface area contributed by atoms with E-state index in [0.29, 0.717) is 5.01 Å². The quantitative estimate of drug-likeness (QED) is 0.560. The average Bonchev–Trinajstić information content (AvgIpc) is 3.12. The first-order valence-electron chi connectivity index (χ1n) is 7.61. The Labute approximate surface area is 143 Å². The Morgan fingerprint density at radius 3 is 2.50 bits per heavy atom. The standard InChI is InChI=1S/C20H14N2OS/c23-19(21-15-9-2-1-3-10-15)20-22-18(13-24-20)17-12-6-8-14-7-4-5-11-16(14)17/h1-13H,(H,21,23). The number of carbonyl (C=O) groups is 1. The van der Waals surface area contributed by atoms with E-state index in [-0.39, 0.29) is 5.91 Å². The molecule has 1 N–H and O–H groups in total. The van der Waals surface area contributed by atoms with E-state index in [1.54, 1.807) is 0 Å². The number of aromatic nitrogens is 1. The third-order valence-electron chi connectivity index (χ3n) is 3.80. The molecule has 116 valence electrons. The van der Waals surface area contributed by atoms with Gasteiger partial charge in [-0.25, -0.2) is 4.98 Å². The zero-order valence-electron chi connectivity index (χ0n) is 12.8. The molecule has 0 unspecified atom stereocenters. The molecule has 0 atom stereocenters. The second-order valence-electron chi connectivity index (χ2n) is 5.38. The van der Waals surface area contributed by atoms with E-state index in [9.17, 15) is 4.79 Å². The highest BCUT2D eigenvalue weighted by atomic mass is 32.1. The summed E-state index contributed by atoms with van der Waals surface area (Å²) < 4.78 is 0. The van der Waals surface area contributed by atoms with E-state index in [1.807, 2.05) is 60.0 Å². The van der Waals surface area contributed by atoms with Crippen molar-refractivity contribution in [2.24, 2.45) is 0 Å². The number of amides is 1. The van der Waals surface area contributed by atoms with Crippen molar-refractivity contribution in [2.45, 2.75) is 0 Å². The SMILES string of the molecule is O=C(Nc1ccccc1)c1nc(-c2cccc3ccccc23)cs1. The van der Waals surface area contributed by atoms with E-state index < -0.39 is 0 Å². The minimum atomic E-state index is -0.183. The molecule has 1 aromatic heterocycles. The second-order valence-corrected chi connectivity index (χ2v) is 6.24. The lowest BCUT2D eigenvalue weighted by molar-refractivity contribution is 0.102. The Bertz CT molecular complexity index is 1000. The van der Waals surface area contributed by atoms with Crippen LogP contribution in [0.15, 0.2) is 78.2 Å². The van der Waals surface area contributed by atoms with Crippen LogP contribution in [0.25, 0.3) is 22.0 Å². The van der Waals surface area contributed by atoms with E-state index in [4.69, 9.17) is 0 Å². The molecule has 0 spiro atoms. The largest absolute Gasteiger partial charge is 0.320 e. The zero-order valence-corrected chi connectivity index (χ0v) is 13.6. The van der Waals surface area contributed by atoms with Gasteiger partial charge in [-0.3, -0.25) is 4.79 Å². The summed E-state index contributed by atoms with van der Waals surface area (Å²) in [5, 5.41) is 7.57. The maximum absolute atomic E-state index is 12.4. The van der Waals surface area contributed by atoms with Crippen LogP contribution in [-0.2, 0) is 0 Å². The molecule has 0 saturated carbocycles. The number of rotatable bonds is 3. The van der Waals surface area contributed by atoms with Crippen molar-refractivity contribution in [1.82, 2.24) is 4.98 Å². The van der Waals surface area contributed by atoms with Gasteiger partial charge in [0.15, 0.2) is 5.01 Å². The summed E-state index contributed by atoms with van der Waals surface area (Å²) in [6, 6.07) is 23.7. The van der Waals surface area contributed by atoms with Gasteiger partial charge >= 0.3 is 0 Å². The van der Waals surface area contributed by atoms with Gasteiger partial charge in [0.2, 0.25) is 0 Å². The molecule has 3 aromatic carbocycles. The highest BCUT2D eigenvalue weighted by molar-refractivity contribution is 7.12. The fourth-order valence-electron chi connectivity index (χ4n) is 2.66. The summed E-state index contributed by atoms with van der Waals surface area (Å²) >= 11 is 1.36. The van der Waals surface area contributed by atoms with E-state index >= 15 is 0 Å². The highest BCUT2D eigenvalue weighted by Crippen LogP contribution is 2.29. The van der Waals surface area contributed by atoms with Gasteiger partial charge in [-0.1, -0.05) is 60.7 Å². The van der Waals surface area contributed by atoms with Crippen LogP contribution in [0.3, 0.4) is 0 Å². The molecule has 0 aliphatic rings. The third kappa shape index (κ3) is 2.79. The predicted molar refractivity (Wildman–Crippen MR) is 99.5 cm³/mol. The molecular weight excluding hydrogens is 316 g/mol. The van der Waals surface area contributed by atoms with Crippen molar-refractivity contribution in [1.29, 1.82) is 0 Å². The molecule has 0 radical (unpaired) electrons. The normalized spacial score (nSPS) is 10.7. The zero-order chi connectivity index (χ0) is 16.4. The predicted octanol–water partition coefficient (Wildman–Crippen LogP) is 5.22. The number of nitrogens with one attached hydrogen (secondary N) is 1. The molecule has 1 amide bonds. The number of anilines is 1. The Morgan fingerprint density at radius 1 is 0.875 bits per heavy atom. The topological polar surface area (TPSA) is 42.0 Å². The van der Waals surface area contributed by atoms with Gasteiger partial charge in [-0.05, 0) is 22.9 Å². The Hall–Kier alpha value is -2.98. The van der Waals surface area contributed by atoms with Gasteiger partial charge in [0, 0.05) is 16.6 Å². The van der Waals surface area contributed by atoms with Gasteiger partial charge in [0.05, 0.1) is 5.69 Å². The summed E-state index contributed by atoms with van der Waals surface area (Å²) in [6.07, 6.45) is 0. The number of hydrogen-bond acceptors (Lipinski definition) is 3. The number of para-hydroxylation sites is 1. The van der Waals surface area contributed by atoms with Gasteiger partial charge in [0.25, 0.3) is 5.91 Å². The number of nitrogens with zero attached hydrogens (tertiary/aromatic N) is 1. The molecule has 1 heterocycles. The molecular formula is C20H14N2OS. The van der Waals surface area contributed by atoms with Crippen molar-refractivity contribution >= 4 is 33.7 Å². The Morgan fingerprint density at radius 2 is 1.62 bits per heavy atom. The van der Waals surface area contributed by atoms with Crippen LogP contribution in [-0.4, -0.2) is 10.9 Å². The van der Waals surface area contributed by atoms with Crippen molar-refractivity contribution < 1.29 is 4.79 Å². The van der Waals surface area contributed by atoms with Gasteiger partial charge < -0.3 is 5.32 Å². The molecule has 0 aliphatic heterocycles. The van der Waals surface area contributed by atoms with Crippen molar-refractivity contribution in [2.75, 3.05) is 5.32 Å². The number of benzene rings is 3. The van der Waals surface area contributed by atoms with Gasteiger partial charge in [-0.2, -0.15) is 0 Å². The van der Waals surface area contributed by atoms with Crippen LogP contribution < -0.4 is 5.32 Å². The summed E-state index contributed by atoms with van der Waals surface area (Å²) in [6.45, 7) is 0. The fourth-order valence-corrected chi connectivity index (χ4v) is 3.37. The van der Waals surface area contributed by atoms with Crippen molar-refractivity contribution in [3.8, 4) is 11.3 Å². The first kappa shape index (κ1) is 14.6. The maximum atomic E-state index is 12.4. The van der Waals surface area contributed by atoms with Crippen LogP contribution in [0.1, 0.15) is 9.80 Å². The van der Waals surface area contributed by atoms with E-state index in [2.05, 4.69) is 28.5 Å². The first-order chi connectivity index (χ1) is 11.8. The van der Waals surface area contributed by atoms with Gasteiger partial charge in [-0.15, -0.1) is 11.3 Å². The Balaban J connectivity index is 1.66.